The van der Waals surface area contributed by atoms with Crippen LogP contribution in [0.2, 0.25) is 0 Å². The third-order valence-electron chi connectivity index (χ3n) is 2.25. The van der Waals surface area contributed by atoms with Gasteiger partial charge in [0.05, 0.1) is 3.92 Å². The molecule has 3 heteroatoms. The maximum atomic E-state index is 10.4. The normalized spacial score (nSPS) is 26.8. The van der Waals surface area contributed by atoms with Gasteiger partial charge in [0.2, 0.25) is 0 Å². The molecule has 0 aromatic heterocycles. The quantitative estimate of drug-likeness (QED) is 0.439. The highest BCUT2D eigenvalue weighted by Crippen LogP contribution is 2.39. The van der Waals surface area contributed by atoms with E-state index in [9.17, 15) is 4.91 Å². The second-order valence-corrected chi connectivity index (χ2v) is 4.32. The van der Waals surface area contributed by atoms with Gasteiger partial charge >= 0.3 is 0 Å². The summed E-state index contributed by atoms with van der Waals surface area (Å²) >= 11 is 2.29. The third kappa shape index (κ3) is 1.16. The maximum Gasteiger partial charge on any atom is 0.112 e. The first-order valence-electron chi connectivity index (χ1n) is 3.87. The summed E-state index contributed by atoms with van der Waals surface area (Å²) in [5, 5.41) is 3.13. The first kappa shape index (κ1) is 8.16. The number of alkyl halides is 1. The van der Waals surface area contributed by atoms with Crippen LogP contribution in [-0.4, -0.2) is 6.04 Å². The summed E-state index contributed by atoms with van der Waals surface area (Å²) in [6.07, 6.45) is 0.813. The van der Waals surface area contributed by atoms with Gasteiger partial charge < -0.3 is 0 Å². The molecule has 0 N–H and O–H groups in total. The molecular formula is C9H8INO. The third-order valence-corrected chi connectivity index (χ3v) is 3.76. The van der Waals surface area contributed by atoms with E-state index in [4.69, 9.17) is 0 Å². The Bertz CT molecular complexity index is 313. The molecule has 0 fully saturated rings. The largest absolute Gasteiger partial charge is 0.150 e. The van der Waals surface area contributed by atoms with Crippen molar-refractivity contribution in [2.45, 2.75) is 16.4 Å². The average molecular weight is 273 g/mol. The van der Waals surface area contributed by atoms with Crippen molar-refractivity contribution in [2.75, 3.05) is 0 Å². The molecular weight excluding hydrogens is 265 g/mol. The molecule has 2 nitrogen and oxygen atoms in total. The molecule has 1 aromatic carbocycles. The van der Waals surface area contributed by atoms with Crippen LogP contribution in [0.5, 0.6) is 0 Å². The molecule has 0 saturated heterocycles. The van der Waals surface area contributed by atoms with Crippen molar-refractivity contribution in [1.82, 2.24) is 0 Å². The SMILES string of the molecule is O=NC1Cc2ccccc2C1I. The number of hydrogen-bond donors (Lipinski definition) is 0. The zero-order valence-corrected chi connectivity index (χ0v) is 8.56. The van der Waals surface area contributed by atoms with Crippen LogP contribution in [-0.2, 0) is 6.42 Å². The second-order valence-electron chi connectivity index (χ2n) is 2.98. The van der Waals surface area contributed by atoms with Gasteiger partial charge in [-0.15, -0.1) is 0 Å². The van der Waals surface area contributed by atoms with Gasteiger partial charge in [-0.3, -0.25) is 0 Å². The molecule has 12 heavy (non-hydrogen) atoms. The lowest BCUT2D eigenvalue weighted by molar-refractivity contribution is 0.721. The van der Waals surface area contributed by atoms with Crippen LogP contribution in [0.15, 0.2) is 29.4 Å². The minimum atomic E-state index is -0.0528. The fourth-order valence-electron chi connectivity index (χ4n) is 1.62. The maximum absolute atomic E-state index is 10.4. The monoisotopic (exact) mass is 273 g/mol. The van der Waals surface area contributed by atoms with Crippen molar-refractivity contribution in [2.24, 2.45) is 5.18 Å². The lowest BCUT2D eigenvalue weighted by Gasteiger charge is -2.03. The van der Waals surface area contributed by atoms with Crippen LogP contribution in [0.1, 0.15) is 15.1 Å². The van der Waals surface area contributed by atoms with Gasteiger partial charge in [0.25, 0.3) is 0 Å². The Hall–Kier alpha value is -0.450. The fraction of sp³-hybridized carbons (Fsp3) is 0.333. The molecule has 1 aliphatic rings. The van der Waals surface area contributed by atoms with E-state index in [-0.39, 0.29) is 9.97 Å². The Morgan fingerprint density at radius 1 is 1.42 bits per heavy atom. The number of nitroso groups, excluding NO2 is 1. The highest BCUT2D eigenvalue weighted by Gasteiger charge is 2.30. The Balaban J connectivity index is 2.41. The van der Waals surface area contributed by atoms with Gasteiger partial charge in [-0.25, -0.2) is 0 Å². The highest BCUT2D eigenvalue weighted by molar-refractivity contribution is 14.1. The molecule has 0 spiro atoms. The van der Waals surface area contributed by atoms with Gasteiger partial charge in [-0.2, -0.15) is 4.91 Å². The Morgan fingerprint density at radius 2 is 2.17 bits per heavy atom. The van der Waals surface area contributed by atoms with Crippen LogP contribution >= 0.6 is 22.6 Å². The number of rotatable bonds is 1. The molecule has 2 atom stereocenters. The molecule has 62 valence electrons. The summed E-state index contributed by atoms with van der Waals surface area (Å²) in [6, 6.07) is 8.12. The summed E-state index contributed by atoms with van der Waals surface area (Å²) in [7, 11) is 0. The summed E-state index contributed by atoms with van der Waals surface area (Å²) in [5.74, 6) is 0. The summed E-state index contributed by atoms with van der Waals surface area (Å²) in [6.45, 7) is 0. The van der Waals surface area contributed by atoms with E-state index < -0.39 is 0 Å². The number of fused-ring (bicyclic) bond motifs is 1. The van der Waals surface area contributed by atoms with Crippen LogP contribution in [0.4, 0.5) is 0 Å². The predicted molar refractivity (Wildman–Crippen MR) is 56.5 cm³/mol. The number of hydrogen-bond acceptors (Lipinski definition) is 2. The van der Waals surface area contributed by atoms with Crippen molar-refractivity contribution < 1.29 is 0 Å². The molecule has 0 radical (unpaired) electrons. The molecule has 2 unspecified atom stereocenters. The van der Waals surface area contributed by atoms with Crippen molar-refractivity contribution in [3.63, 3.8) is 0 Å². The van der Waals surface area contributed by atoms with E-state index in [1.54, 1.807) is 0 Å². The van der Waals surface area contributed by atoms with Crippen LogP contribution in [0, 0.1) is 4.91 Å². The van der Waals surface area contributed by atoms with Crippen molar-refractivity contribution >= 4 is 22.6 Å². The molecule has 0 bridgehead atoms. The first-order valence-corrected chi connectivity index (χ1v) is 5.12. The lowest BCUT2D eigenvalue weighted by atomic mass is 10.1. The highest BCUT2D eigenvalue weighted by atomic mass is 127. The van der Waals surface area contributed by atoms with Crippen molar-refractivity contribution in [1.29, 1.82) is 0 Å². The predicted octanol–water partition coefficient (Wildman–Crippen LogP) is 2.85. The van der Waals surface area contributed by atoms with Crippen molar-refractivity contribution in [3.05, 3.63) is 40.3 Å². The molecule has 0 amide bonds. The zero-order chi connectivity index (χ0) is 8.55. The van der Waals surface area contributed by atoms with Gasteiger partial charge in [-0.05, 0) is 17.5 Å². The smallest absolute Gasteiger partial charge is 0.112 e. The summed E-state index contributed by atoms with van der Waals surface area (Å²) < 4.78 is 0.274. The first-order chi connectivity index (χ1) is 5.83. The fourth-order valence-corrected chi connectivity index (χ4v) is 2.61. The van der Waals surface area contributed by atoms with Gasteiger partial charge in [-0.1, -0.05) is 52.0 Å². The molecule has 0 aliphatic heterocycles. The summed E-state index contributed by atoms with van der Waals surface area (Å²) in [5.41, 5.74) is 2.56. The number of halogens is 1. The van der Waals surface area contributed by atoms with Gasteiger partial charge in [0, 0.05) is 0 Å². The number of benzene rings is 1. The Kier molecular flexibility index (Phi) is 2.12. The van der Waals surface area contributed by atoms with Gasteiger partial charge in [0.1, 0.15) is 6.04 Å². The Morgan fingerprint density at radius 3 is 2.83 bits per heavy atom. The van der Waals surface area contributed by atoms with E-state index in [0.717, 1.165) is 6.42 Å². The molecule has 0 heterocycles. The van der Waals surface area contributed by atoms with Crippen LogP contribution in [0.25, 0.3) is 0 Å². The molecule has 1 aromatic rings. The molecule has 0 saturated carbocycles. The van der Waals surface area contributed by atoms with Gasteiger partial charge in [0.15, 0.2) is 0 Å². The van der Waals surface area contributed by atoms with Crippen LogP contribution in [0.3, 0.4) is 0 Å². The molecule has 1 aliphatic carbocycles. The lowest BCUT2D eigenvalue weighted by Crippen LogP contribution is -2.03. The Labute approximate surface area is 84.5 Å². The number of nitrogens with zero attached hydrogens (tertiary/aromatic N) is 1. The van der Waals surface area contributed by atoms with E-state index in [1.807, 2.05) is 12.1 Å². The van der Waals surface area contributed by atoms with E-state index in [0.29, 0.717) is 0 Å². The second kappa shape index (κ2) is 3.12. The standard InChI is InChI=1S/C9H8INO/c10-9-7-4-2-1-3-6(7)5-8(9)11-12/h1-4,8-9H,5H2. The minimum Gasteiger partial charge on any atom is -0.150 e. The molecule has 2 rings (SSSR count). The minimum absolute atomic E-state index is 0.0528. The van der Waals surface area contributed by atoms with E-state index in [2.05, 4.69) is 39.9 Å². The van der Waals surface area contributed by atoms with Crippen molar-refractivity contribution in [3.8, 4) is 0 Å². The van der Waals surface area contributed by atoms with E-state index >= 15 is 0 Å². The zero-order valence-electron chi connectivity index (χ0n) is 6.40. The topological polar surface area (TPSA) is 29.4 Å². The van der Waals surface area contributed by atoms with Crippen LogP contribution < -0.4 is 0 Å². The average Bonchev–Trinajstić information content (AvgIpc) is 2.44. The van der Waals surface area contributed by atoms with E-state index in [1.165, 1.54) is 11.1 Å². The summed E-state index contributed by atoms with van der Waals surface area (Å²) in [4.78, 5) is 10.4.